The molecule has 39 heavy (non-hydrogen) atoms. The van der Waals surface area contributed by atoms with Gasteiger partial charge in [0.05, 0.1) is 0 Å². The van der Waals surface area contributed by atoms with E-state index in [1.807, 2.05) is 88.4 Å². The highest BCUT2D eigenvalue weighted by molar-refractivity contribution is 5.93. The number of carbonyl (C=O) groups is 2. The first-order valence-electron chi connectivity index (χ1n) is 12.6. The van der Waals surface area contributed by atoms with Crippen molar-refractivity contribution in [1.29, 1.82) is 0 Å². The van der Waals surface area contributed by atoms with Crippen LogP contribution in [0.2, 0.25) is 0 Å². The Bertz CT molecular complexity index is 1420. The lowest BCUT2D eigenvalue weighted by Gasteiger charge is -2.29. The highest BCUT2D eigenvalue weighted by atomic mass is 16.4. The van der Waals surface area contributed by atoms with Crippen molar-refractivity contribution in [2.75, 3.05) is 0 Å². The average molecular weight is 525 g/mol. The first-order valence-corrected chi connectivity index (χ1v) is 12.6. The summed E-state index contributed by atoms with van der Waals surface area (Å²) in [6, 6.07) is 25.4. The van der Waals surface area contributed by atoms with Gasteiger partial charge in [-0.3, -0.25) is 0 Å². The van der Waals surface area contributed by atoms with Crippen molar-refractivity contribution in [2.24, 2.45) is 0 Å². The lowest BCUT2D eigenvalue weighted by atomic mass is 9.75. The van der Waals surface area contributed by atoms with Gasteiger partial charge in [-0.15, -0.1) is 0 Å². The van der Waals surface area contributed by atoms with E-state index >= 15 is 0 Å². The Balaban J connectivity index is 1.88. The van der Waals surface area contributed by atoms with E-state index in [4.69, 9.17) is 0 Å². The number of aromatic carboxylic acids is 2. The van der Waals surface area contributed by atoms with Gasteiger partial charge in [-0.25, -0.2) is 9.59 Å². The van der Waals surface area contributed by atoms with E-state index in [1.54, 1.807) is 12.1 Å². The minimum atomic E-state index is -1.26. The van der Waals surface area contributed by atoms with Crippen LogP contribution in [0.1, 0.15) is 81.8 Å². The molecule has 0 saturated carbocycles. The number of rotatable bonds is 8. The second kappa shape index (κ2) is 10.3. The molecule has 6 heteroatoms. The normalized spacial score (nSPS) is 11.8. The fourth-order valence-corrected chi connectivity index (χ4v) is 5.13. The second-order valence-electron chi connectivity index (χ2n) is 10.8. The number of carboxylic acid groups (broad SMARTS) is 2. The van der Waals surface area contributed by atoms with Crippen LogP contribution < -0.4 is 0 Å². The maximum atomic E-state index is 12.1. The molecule has 4 N–H and O–H groups in total. The summed E-state index contributed by atoms with van der Waals surface area (Å²) in [5.41, 5.74) is 2.00. The lowest BCUT2D eigenvalue weighted by Crippen LogP contribution is -2.21. The first kappa shape index (κ1) is 27.5. The van der Waals surface area contributed by atoms with Gasteiger partial charge in [0, 0.05) is 22.0 Å². The third-order valence-corrected chi connectivity index (χ3v) is 7.55. The van der Waals surface area contributed by atoms with Gasteiger partial charge in [0.15, 0.2) is 0 Å². The minimum Gasteiger partial charge on any atom is -0.507 e. The summed E-state index contributed by atoms with van der Waals surface area (Å²) in [4.78, 5) is 24.2. The van der Waals surface area contributed by atoms with Crippen LogP contribution in [0.5, 0.6) is 11.5 Å². The van der Waals surface area contributed by atoms with E-state index in [-0.39, 0.29) is 29.0 Å². The van der Waals surface area contributed by atoms with Crippen molar-refractivity contribution in [3.05, 3.63) is 129 Å². The Labute approximate surface area is 227 Å². The summed E-state index contributed by atoms with van der Waals surface area (Å²) in [6.45, 7) is 7.65. The van der Waals surface area contributed by atoms with Crippen molar-refractivity contribution >= 4 is 11.9 Å². The molecule has 0 radical (unpaired) electrons. The van der Waals surface area contributed by atoms with Gasteiger partial charge < -0.3 is 20.4 Å². The predicted molar refractivity (Wildman–Crippen MR) is 150 cm³/mol. The molecule has 4 aromatic rings. The topological polar surface area (TPSA) is 115 Å². The zero-order valence-corrected chi connectivity index (χ0v) is 22.4. The Morgan fingerprint density at radius 3 is 1.23 bits per heavy atom. The summed E-state index contributed by atoms with van der Waals surface area (Å²) in [5.74, 6) is -3.13. The molecule has 4 aromatic carbocycles. The summed E-state index contributed by atoms with van der Waals surface area (Å²) >= 11 is 0. The third kappa shape index (κ3) is 5.23. The SMILES string of the molecule is CC(C)(c1ccccc1)c1cc(Cc2cc(C(=O)O)c(O)c(C(C)(C)c3ccccc3)c2)cc(C(=O)O)c1O. The molecule has 0 aliphatic carbocycles. The van der Waals surface area contributed by atoms with Crippen LogP contribution in [0, 0.1) is 0 Å². The molecular formula is C33H32O6. The van der Waals surface area contributed by atoms with Crippen LogP contribution >= 0.6 is 0 Å². The van der Waals surface area contributed by atoms with Crippen molar-refractivity contribution in [3.8, 4) is 11.5 Å². The molecule has 200 valence electrons. The van der Waals surface area contributed by atoms with Crippen LogP contribution in [0.15, 0.2) is 84.9 Å². The van der Waals surface area contributed by atoms with E-state index in [2.05, 4.69) is 0 Å². The monoisotopic (exact) mass is 524 g/mol. The van der Waals surface area contributed by atoms with Crippen LogP contribution in [0.4, 0.5) is 0 Å². The Hall–Kier alpha value is -4.58. The maximum Gasteiger partial charge on any atom is 0.339 e. The zero-order valence-electron chi connectivity index (χ0n) is 22.4. The van der Waals surface area contributed by atoms with Crippen molar-refractivity contribution in [3.63, 3.8) is 0 Å². The fourth-order valence-electron chi connectivity index (χ4n) is 5.13. The number of phenols is 2. The summed E-state index contributed by atoms with van der Waals surface area (Å²) < 4.78 is 0. The number of carboxylic acids is 2. The maximum absolute atomic E-state index is 12.1. The summed E-state index contributed by atoms with van der Waals surface area (Å²) in [5, 5.41) is 41.7. The summed E-state index contributed by atoms with van der Waals surface area (Å²) in [6.07, 6.45) is 0.191. The average Bonchev–Trinajstić information content (AvgIpc) is 2.90. The van der Waals surface area contributed by atoms with E-state index in [1.165, 1.54) is 12.1 Å². The first-order chi connectivity index (χ1) is 18.3. The van der Waals surface area contributed by atoms with Crippen molar-refractivity contribution in [2.45, 2.75) is 44.9 Å². The molecule has 0 unspecified atom stereocenters. The van der Waals surface area contributed by atoms with Crippen LogP contribution in [-0.2, 0) is 17.3 Å². The summed E-state index contributed by atoms with van der Waals surface area (Å²) in [7, 11) is 0. The van der Waals surface area contributed by atoms with E-state index in [0.717, 1.165) is 11.1 Å². The molecule has 6 nitrogen and oxygen atoms in total. The molecule has 4 rings (SSSR count). The zero-order chi connectivity index (χ0) is 28.5. The molecule has 0 aromatic heterocycles. The number of aromatic hydroxyl groups is 2. The molecule has 0 spiro atoms. The van der Waals surface area contributed by atoms with Gasteiger partial charge in [-0.2, -0.15) is 0 Å². The molecule has 0 heterocycles. The third-order valence-electron chi connectivity index (χ3n) is 7.55. The van der Waals surface area contributed by atoms with E-state index in [0.29, 0.717) is 22.3 Å². The second-order valence-corrected chi connectivity index (χ2v) is 10.8. The van der Waals surface area contributed by atoms with E-state index < -0.39 is 22.8 Å². The van der Waals surface area contributed by atoms with Gasteiger partial charge >= 0.3 is 11.9 Å². The van der Waals surface area contributed by atoms with Crippen molar-refractivity contribution < 1.29 is 30.0 Å². The number of hydrogen-bond acceptors (Lipinski definition) is 4. The number of benzene rings is 4. The Morgan fingerprint density at radius 2 is 0.923 bits per heavy atom. The molecule has 0 bridgehead atoms. The quantitative estimate of drug-likeness (QED) is 0.203. The molecule has 0 saturated heterocycles. The van der Waals surface area contributed by atoms with Gasteiger partial charge in [0.1, 0.15) is 22.6 Å². The molecular weight excluding hydrogens is 492 g/mol. The molecule has 0 atom stereocenters. The molecule has 0 aliphatic rings. The Kier molecular flexibility index (Phi) is 7.25. The van der Waals surface area contributed by atoms with Gasteiger partial charge in [0.2, 0.25) is 0 Å². The van der Waals surface area contributed by atoms with Crippen LogP contribution in [0.3, 0.4) is 0 Å². The van der Waals surface area contributed by atoms with E-state index in [9.17, 15) is 30.0 Å². The van der Waals surface area contributed by atoms with Gasteiger partial charge in [-0.1, -0.05) is 100 Å². The van der Waals surface area contributed by atoms with Crippen LogP contribution in [-0.4, -0.2) is 32.4 Å². The Morgan fingerprint density at radius 1 is 0.590 bits per heavy atom. The minimum absolute atomic E-state index is 0.191. The molecule has 0 fully saturated rings. The smallest absolute Gasteiger partial charge is 0.339 e. The molecule has 0 amide bonds. The predicted octanol–water partition coefficient (Wildman–Crippen LogP) is 6.74. The standard InChI is InChI=1S/C33H32O6/c1-32(2,22-11-7-5-8-12-22)26-18-20(16-24(28(26)34)30(36)37)15-21-17-25(31(38)39)29(35)27(19-21)33(3,4)23-13-9-6-10-14-23/h5-14,16-19,34-35H,15H2,1-4H3,(H,36,37)(H,38,39). The largest absolute Gasteiger partial charge is 0.507 e. The van der Waals surface area contributed by atoms with Gasteiger partial charge in [0.25, 0.3) is 0 Å². The lowest BCUT2D eigenvalue weighted by molar-refractivity contribution is 0.0682. The highest BCUT2D eigenvalue weighted by Crippen LogP contribution is 2.42. The number of hydrogen-bond donors (Lipinski definition) is 4. The fraction of sp³-hybridized carbons (Fsp3) is 0.212. The van der Waals surface area contributed by atoms with Gasteiger partial charge in [-0.05, 0) is 40.8 Å². The van der Waals surface area contributed by atoms with Crippen LogP contribution in [0.25, 0.3) is 0 Å². The highest BCUT2D eigenvalue weighted by Gasteiger charge is 2.31. The van der Waals surface area contributed by atoms with Crippen molar-refractivity contribution in [1.82, 2.24) is 0 Å². The molecule has 0 aliphatic heterocycles.